The number of fused-ring (bicyclic) bond motifs is 1. The van der Waals surface area contributed by atoms with E-state index in [9.17, 15) is 4.79 Å². The maximum atomic E-state index is 12.5. The van der Waals surface area contributed by atoms with Crippen LogP contribution < -0.4 is 5.32 Å². The fourth-order valence-electron chi connectivity index (χ4n) is 3.15. The zero-order valence-corrected chi connectivity index (χ0v) is 16.4. The SMILES string of the molecule is O=C(N[C@H](C#Cc1ccccc1)c1ccc2ccccc2c1)OCc1ccccc1. The van der Waals surface area contributed by atoms with Crippen molar-refractivity contribution in [3.63, 3.8) is 0 Å². The number of carbonyl (C=O) groups excluding carboxylic acids is 1. The van der Waals surface area contributed by atoms with Crippen LogP contribution in [0.3, 0.4) is 0 Å². The summed E-state index contributed by atoms with van der Waals surface area (Å²) in [6.45, 7) is 0.212. The van der Waals surface area contributed by atoms with E-state index in [2.05, 4.69) is 29.3 Å². The van der Waals surface area contributed by atoms with E-state index in [-0.39, 0.29) is 6.61 Å². The zero-order chi connectivity index (χ0) is 20.6. The predicted octanol–water partition coefficient (Wildman–Crippen LogP) is 5.86. The molecule has 4 rings (SSSR count). The smallest absolute Gasteiger partial charge is 0.408 e. The van der Waals surface area contributed by atoms with Crippen LogP contribution >= 0.6 is 0 Å². The second-order valence-electron chi connectivity index (χ2n) is 6.88. The van der Waals surface area contributed by atoms with Gasteiger partial charge >= 0.3 is 6.09 Å². The van der Waals surface area contributed by atoms with E-state index < -0.39 is 12.1 Å². The van der Waals surface area contributed by atoms with Crippen molar-refractivity contribution < 1.29 is 9.53 Å². The fourth-order valence-corrected chi connectivity index (χ4v) is 3.15. The molecule has 4 aromatic rings. The van der Waals surface area contributed by atoms with Crippen LogP contribution in [0.15, 0.2) is 103 Å². The molecule has 0 radical (unpaired) electrons. The Morgan fingerprint density at radius 1 is 0.800 bits per heavy atom. The molecule has 0 aliphatic carbocycles. The molecule has 1 amide bonds. The molecule has 1 N–H and O–H groups in total. The molecule has 0 spiro atoms. The Bertz CT molecular complexity index is 1190. The van der Waals surface area contributed by atoms with Crippen LogP contribution in [0.2, 0.25) is 0 Å². The molecule has 0 unspecified atom stereocenters. The van der Waals surface area contributed by atoms with Gasteiger partial charge in [0.25, 0.3) is 0 Å². The van der Waals surface area contributed by atoms with Gasteiger partial charge in [-0.05, 0) is 40.1 Å². The summed E-state index contributed by atoms with van der Waals surface area (Å²) >= 11 is 0. The molecule has 30 heavy (non-hydrogen) atoms. The normalized spacial score (nSPS) is 11.2. The standard InChI is InChI=1S/C27H21NO2/c29-27(30-20-22-11-5-2-6-12-22)28-26(18-15-21-9-3-1-4-10-21)25-17-16-23-13-7-8-14-24(23)19-25/h1-14,16-17,19,26H,20H2,(H,28,29)/t26-/m1/s1. The topological polar surface area (TPSA) is 38.3 Å². The molecule has 0 heterocycles. The van der Waals surface area contributed by atoms with Crippen molar-refractivity contribution in [3.05, 3.63) is 120 Å². The predicted molar refractivity (Wildman–Crippen MR) is 120 cm³/mol. The third-order valence-corrected chi connectivity index (χ3v) is 4.72. The van der Waals surface area contributed by atoms with Gasteiger partial charge in [0.15, 0.2) is 0 Å². The van der Waals surface area contributed by atoms with Crippen molar-refractivity contribution in [1.82, 2.24) is 5.32 Å². The van der Waals surface area contributed by atoms with Gasteiger partial charge in [0.1, 0.15) is 12.6 Å². The molecule has 3 heteroatoms. The zero-order valence-electron chi connectivity index (χ0n) is 16.4. The maximum absolute atomic E-state index is 12.5. The highest BCUT2D eigenvalue weighted by Crippen LogP contribution is 2.20. The lowest BCUT2D eigenvalue weighted by Gasteiger charge is -2.15. The van der Waals surface area contributed by atoms with E-state index in [0.29, 0.717) is 0 Å². The molecule has 0 saturated carbocycles. The first-order valence-corrected chi connectivity index (χ1v) is 9.80. The molecule has 1 atom stereocenters. The first kappa shape index (κ1) is 19.3. The van der Waals surface area contributed by atoms with Crippen molar-refractivity contribution in [1.29, 1.82) is 0 Å². The second kappa shape index (κ2) is 9.45. The minimum atomic E-state index is -0.501. The highest BCUT2D eigenvalue weighted by molar-refractivity contribution is 5.83. The molecule has 0 fully saturated rings. The Morgan fingerprint density at radius 3 is 2.23 bits per heavy atom. The third kappa shape index (κ3) is 5.06. The Labute approximate surface area is 176 Å². The summed E-state index contributed by atoms with van der Waals surface area (Å²) in [6.07, 6.45) is -0.501. The van der Waals surface area contributed by atoms with E-state index >= 15 is 0 Å². The molecule has 0 bridgehead atoms. The number of alkyl carbamates (subject to hydrolysis) is 1. The Morgan fingerprint density at radius 2 is 1.47 bits per heavy atom. The Balaban J connectivity index is 1.56. The van der Waals surface area contributed by atoms with E-state index in [0.717, 1.165) is 27.5 Å². The number of hydrogen-bond donors (Lipinski definition) is 1. The summed E-state index contributed by atoms with van der Waals surface area (Å²) in [5, 5.41) is 5.14. The summed E-state index contributed by atoms with van der Waals surface area (Å²) in [7, 11) is 0. The molecule has 146 valence electrons. The van der Waals surface area contributed by atoms with Crippen LogP contribution in [0.5, 0.6) is 0 Å². The van der Waals surface area contributed by atoms with Gasteiger partial charge < -0.3 is 10.1 Å². The third-order valence-electron chi connectivity index (χ3n) is 4.72. The number of carbonyl (C=O) groups is 1. The molecule has 0 aliphatic rings. The Hall–Kier alpha value is -4.03. The number of amides is 1. The monoisotopic (exact) mass is 391 g/mol. The van der Waals surface area contributed by atoms with E-state index in [1.165, 1.54) is 0 Å². The van der Waals surface area contributed by atoms with Gasteiger partial charge in [0.05, 0.1) is 0 Å². The van der Waals surface area contributed by atoms with Gasteiger partial charge in [0.2, 0.25) is 0 Å². The molecule has 0 saturated heterocycles. The van der Waals surface area contributed by atoms with Crippen molar-refractivity contribution in [2.75, 3.05) is 0 Å². The molecule has 0 aliphatic heterocycles. The number of benzene rings is 4. The van der Waals surface area contributed by atoms with Crippen LogP contribution in [-0.2, 0) is 11.3 Å². The average molecular weight is 391 g/mol. The molecule has 3 nitrogen and oxygen atoms in total. The van der Waals surface area contributed by atoms with Crippen LogP contribution in [0.1, 0.15) is 22.7 Å². The summed E-state index contributed by atoms with van der Waals surface area (Å²) in [5.74, 6) is 6.33. The lowest BCUT2D eigenvalue weighted by molar-refractivity contribution is 0.138. The van der Waals surface area contributed by atoms with Crippen LogP contribution in [0, 0.1) is 11.8 Å². The summed E-state index contributed by atoms with van der Waals surface area (Å²) in [4.78, 5) is 12.5. The van der Waals surface area contributed by atoms with Crippen LogP contribution in [-0.4, -0.2) is 6.09 Å². The quantitative estimate of drug-likeness (QED) is 0.443. The van der Waals surface area contributed by atoms with Gasteiger partial charge in [-0.1, -0.05) is 96.8 Å². The summed E-state index contributed by atoms with van der Waals surface area (Å²) < 4.78 is 5.40. The Kier molecular flexibility index (Phi) is 6.08. The van der Waals surface area contributed by atoms with E-state index in [4.69, 9.17) is 4.74 Å². The molecular formula is C27H21NO2. The van der Waals surface area contributed by atoms with Gasteiger partial charge in [-0.25, -0.2) is 4.79 Å². The molecule has 0 aromatic heterocycles. The average Bonchev–Trinajstić information content (AvgIpc) is 2.81. The summed E-state index contributed by atoms with van der Waals surface area (Å²) in [5.41, 5.74) is 2.74. The number of nitrogens with one attached hydrogen (secondary N) is 1. The van der Waals surface area contributed by atoms with Gasteiger partial charge in [-0.2, -0.15) is 0 Å². The van der Waals surface area contributed by atoms with E-state index in [1.54, 1.807) is 0 Å². The largest absolute Gasteiger partial charge is 0.445 e. The van der Waals surface area contributed by atoms with Crippen molar-refractivity contribution in [3.8, 4) is 11.8 Å². The van der Waals surface area contributed by atoms with E-state index in [1.807, 2.05) is 91.0 Å². The highest BCUT2D eigenvalue weighted by Gasteiger charge is 2.14. The van der Waals surface area contributed by atoms with Crippen LogP contribution in [0.25, 0.3) is 10.8 Å². The van der Waals surface area contributed by atoms with Crippen molar-refractivity contribution in [2.24, 2.45) is 0 Å². The number of ether oxygens (including phenoxy) is 1. The molecule has 4 aromatic carbocycles. The highest BCUT2D eigenvalue weighted by atomic mass is 16.5. The van der Waals surface area contributed by atoms with Crippen molar-refractivity contribution in [2.45, 2.75) is 12.6 Å². The number of rotatable bonds is 4. The van der Waals surface area contributed by atoms with Gasteiger partial charge in [-0.3, -0.25) is 0 Å². The fraction of sp³-hybridized carbons (Fsp3) is 0.0741. The maximum Gasteiger partial charge on any atom is 0.408 e. The minimum absolute atomic E-state index is 0.212. The lowest BCUT2D eigenvalue weighted by Crippen LogP contribution is -2.28. The first-order valence-electron chi connectivity index (χ1n) is 9.80. The second-order valence-corrected chi connectivity index (χ2v) is 6.88. The summed E-state index contributed by atoms with van der Waals surface area (Å²) in [6, 6.07) is 33.0. The van der Waals surface area contributed by atoms with Gasteiger partial charge in [0, 0.05) is 5.56 Å². The van der Waals surface area contributed by atoms with Gasteiger partial charge in [-0.15, -0.1) is 0 Å². The molecular weight excluding hydrogens is 370 g/mol. The van der Waals surface area contributed by atoms with Crippen molar-refractivity contribution >= 4 is 16.9 Å². The number of hydrogen-bond acceptors (Lipinski definition) is 2. The lowest BCUT2D eigenvalue weighted by atomic mass is 10.0. The first-order chi connectivity index (χ1) is 14.8. The van der Waals surface area contributed by atoms with Crippen LogP contribution in [0.4, 0.5) is 4.79 Å². The minimum Gasteiger partial charge on any atom is -0.445 e.